The number of hydrogen-bond acceptors (Lipinski definition) is 1. The monoisotopic (exact) mass is 902 g/mol. The molecule has 2 nitrogen and oxygen atoms in total. The second-order valence-corrected chi connectivity index (χ2v) is 18.8. The molecule has 0 spiro atoms. The van der Waals surface area contributed by atoms with Crippen LogP contribution in [0, 0.1) is 0 Å². The molecule has 332 valence electrons. The highest BCUT2D eigenvalue weighted by Gasteiger charge is 2.46. The van der Waals surface area contributed by atoms with Gasteiger partial charge in [0, 0.05) is 38.9 Å². The smallest absolute Gasteiger partial charge is 0.0714 e. The van der Waals surface area contributed by atoms with Gasteiger partial charge in [-0.15, -0.1) is 0 Å². The average molecular weight is 903 g/mol. The Morgan fingerprint density at radius 3 is 1.58 bits per heavy atom. The van der Waals surface area contributed by atoms with E-state index >= 15 is 0 Å². The van der Waals surface area contributed by atoms with Crippen molar-refractivity contribution in [3.63, 3.8) is 0 Å². The Kier molecular flexibility index (Phi) is 9.47. The molecule has 0 fully saturated rings. The summed E-state index contributed by atoms with van der Waals surface area (Å²) in [4.78, 5) is 2.47. The first-order valence-electron chi connectivity index (χ1n) is 24.6. The van der Waals surface area contributed by atoms with Crippen molar-refractivity contribution in [2.75, 3.05) is 4.90 Å². The number of nitrogens with zero attached hydrogens (tertiary/aromatic N) is 2. The van der Waals surface area contributed by atoms with Gasteiger partial charge in [0.1, 0.15) is 0 Å². The fourth-order valence-corrected chi connectivity index (χ4v) is 11.9. The lowest BCUT2D eigenvalue weighted by Crippen LogP contribution is -2.28. The van der Waals surface area contributed by atoms with Crippen molar-refractivity contribution in [3.05, 3.63) is 301 Å². The van der Waals surface area contributed by atoms with Crippen LogP contribution in [0.15, 0.2) is 279 Å². The number of benzene rings is 12. The number of anilines is 3. The lowest BCUT2D eigenvalue weighted by Gasteiger charge is -2.35. The van der Waals surface area contributed by atoms with E-state index in [0.29, 0.717) is 0 Å². The van der Waals surface area contributed by atoms with E-state index in [4.69, 9.17) is 0 Å². The van der Waals surface area contributed by atoms with Gasteiger partial charge in [-0.05, 0) is 126 Å². The topological polar surface area (TPSA) is 8.17 Å². The molecule has 0 amide bonds. The standard InChI is InChI=1S/C69H46N2/c1-5-19-47(20-6-1)50-24-17-31-55(43-50)70(57-38-42-63-64-40-35-49-22-14-16-33-60(49)68(64)71(67(63)46-57)54-29-11-4-12-30-54)56-37-41-62-61-39-36-51(59-34-18-23-48-21-13-15-32-58(48)59)44-65(61)69(66(62)45-56,52-25-7-2-8-26-52)53-27-9-3-10-28-53/h1-46H. The molecule has 2 heteroatoms. The molecule has 13 aromatic rings. The lowest BCUT2D eigenvalue weighted by atomic mass is 9.67. The molecule has 1 heterocycles. The molecule has 14 rings (SSSR count). The van der Waals surface area contributed by atoms with E-state index in [1.54, 1.807) is 0 Å². The largest absolute Gasteiger partial charge is 0.310 e. The first-order valence-corrected chi connectivity index (χ1v) is 24.6. The van der Waals surface area contributed by atoms with Crippen LogP contribution < -0.4 is 4.90 Å². The van der Waals surface area contributed by atoms with Crippen LogP contribution in [0.25, 0.3) is 82.4 Å². The Hall–Kier alpha value is -9.24. The molecule has 0 bridgehead atoms. The normalized spacial score (nSPS) is 12.6. The average Bonchev–Trinajstić information content (AvgIpc) is 3.94. The Morgan fingerprint density at radius 1 is 0.296 bits per heavy atom. The van der Waals surface area contributed by atoms with Gasteiger partial charge in [0.05, 0.1) is 16.4 Å². The minimum atomic E-state index is -0.633. The maximum atomic E-state index is 2.49. The maximum Gasteiger partial charge on any atom is 0.0714 e. The van der Waals surface area contributed by atoms with Crippen LogP contribution in [-0.2, 0) is 5.41 Å². The molecular formula is C69H46N2. The number of aromatic nitrogens is 1. The molecule has 12 aromatic carbocycles. The molecule has 71 heavy (non-hydrogen) atoms. The summed E-state index contributed by atoms with van der Waals surface area (Å²) in [6.07, 6.45) is 0. The van der Waals surface area contributed by atoms with Gasteiger partial charge in [-0.1, -0.05) is 224 Å². The van der Waals surface area contributed by atoms with Crippen molar-refractivity contribution < 1.29 is 0 Å². The Balaban J connectivity index is 1.05. The van der Waals surface area contributed by atoms with Crippen LogP contribution in [0.4, 0.5) is 17.1 Å². The zero-order chi connectivity index (χ0) is 46.9. The Labute approximate surface area is 413 Å². The Morgan fingerprint density at radius 2 is 0.831 bits per heavy atom. The zero-order valence-corrected chi connectivity index (χ0v) is 39.0. The summed E-state index contributed by atoms with van der Waals surface area (Å²) in [5, 5.41) is 7.41. The van der Waals surface area contributed by atoms with Gasteiger partial charge in [0.15, 0.2) is 0 Å². The van der Waals surface area contributed by atoms with E-state index in [0.717, 1.165) is 33.8 Å². The van der Waals surface area contributed by atoms with Crippen LogP contribution in [0.2, 0.25) is 0 Å². The predicted octanol–water partition coefficient (Wildman–Crippen LogP) is 18.3. The summed E-state index contributed by atoms with van der Waals surface area (Å²) >= 11 is 0. The van der Waals surface area contributed by atoms with Crippen molar-refractivity contribution in [1.29, 1.82) is 0 Å². The van der Waals surface area contributed by atoms with Crippen LogP contribution in [0.3, 0.4) is 0 Å². The second kappa shape index (κ2) is 16.5. The van der Waals surface area contributed by atoms with Crippen molar-refractivity contribution in [2.45, 2.75) is 5.41 Å². The summed E-state index contributed by atoms with van der Waals surface area (Å²) in [7, 11) is 0. The molecule has 0 atom stereocenters. The molecule has 1 aromatic heterocycles. The summed E-state index contributed by atoms with van der Waals surface area (Å²) in [5.41, 5.74) is 18.4. The van der Waals surface area contributed by atoms with Crippen molar-refractivity contribution in [2.24, 2.45) is 0 Å². The predicted molar refractivity (Wildman–Crippen MR) is 299 cm³/mol. The number of para-hydroxylation sites is 1. The highest BCUT2D eigenvalue weighted by atomic mass is 15.1. The first-order chi connectivity index (χ1) is 35.2. The van der Waals surface area contributed by atoms with Crippen LogP contribution in [0.5, 0.6) is 0 Å². The van der Waals surface area contributed by atoms with Crippen LogP contribution in [-0.4, -0.2) is 4.57 Å². The summed E-state index contributed by atoms with van der Waals surface area (Å²) in [6, 6.07) is 103. The fourth-order valence-electron chi connectivity index (χ4n) is 11.9. The van der Waals surface area contributed by atoms with Crippen molar-refractivity contribution in [1.82, 2.24) is 4.57 Å². The van der Waals surface area contributed by atoms with E-state index in [1.165, 1.54) is 87.9 Å². The third kappa shape index (κ3) is 6.42. The van der Waals surface area contributed by atoms with Crippen LogP contribution >= 0.6 is 0 Å². The minimum absolute atomic E-state index is 0.633. The van der Waals surface area contributed by atoms with Gasteiger partial charge in [-0.2, -0.15) is 0 Å². The molecular weight excluding hydrogens is 857 g/mol. The summed E-state index contributed by atoms with van der Waals surface area (Å²) in [6.45, 7) is 0. The third-order valence-corrected chi connectivity index (χ3v) is 15.0. The molecule has 0 saturated heterocycles. The van der Waals surface area contributed by atoms with Crippen molar-refractivity contribution in [3.8, 4) is 39.1 Å². The molecule has 0 saturated carbocycles. The van der Waals surface area contributed by atoms with E-state index in [1.807, 2.05) is 0 Å². The fraction of sp³-hybridized carbons (Fsp3) is 0.0145. The van der Waals surface area contributed by atoms with Gasteiger partial charge in [0.25, 0.3) is 0 Å². The molecule has 0 unspecified atom stereocenters. The van der Waals surface area contributed by atoms with Crippen LogP contribution in [0.1, 0.15) is 22.3 Å². The minimum Gasteiger partial charge on any atom is -0.310 e. The maximum absolute atomic E-state index is 2.49. The molecule has 0 radical (unpaired) electrons. The first kappa shape index (κ1) is 40.8. The summed E-state index contributed by atoms with van der Waals surface area (Å²) in [5.74, 6) is 0. The second-order valence-electron chi connectivity index (χ2n) is 18.8. The highest BCUT2D eigenvalue weighted by molar-refractivity contribution is 6.19. The van der Waals surface area contributed by atoms with E-state index in [2.05, 4.69) is 289 Å². The number of rotatable bonds is 8. The molecule has 1 aliphatic rings. The number of hydrogen-bond donors (Lipinski definition) is 0. The third-order valence-electron chi connectivity index (χ3n) is 15.0. The Bertz CT molecular complexity index is 4110. The molecule has 0 N–H and O–H groups in total. The van der Waals surface area contributed by atoms with Gasteiger partial charge in [-0.3, -0.25) is 0 Å². The summed E-state index contributed by atoms with van der Waals surface area (Å²) < 4.78 is 2.47. The molecule has 1 aliphatic carbocycles. The number of fused-ring (bicyclic) bond motifs is 9. The zero-order valence-electron chi connectivity index (χ0n) is 39.0. The SMILES string of the molecule is c1ccc(-c2cccc(N(c3ccc4c(c3)C(c3ccccc3)(c3ccccc3)c3cc(-c5cccc6ccccc56)ccc3-4)c3ccc4c5ccc6ccccc6c5n(-c5ccccc5)c4c3)c2)cc1. The van der Waals surface area contributed by atoms with Crippen molar-refractivity contribution >= 4 is 60.4 Å². The van der Waals surface area contributed by atoms with Gasteiger partial charge < -0.3 is 9.47 Å². The molecule has 0 aliphatic heterocycles. The quantitative estimate of drug-likeness (QED) is 0.147. The van der Waals surface area contributed by atoms with E-state index in [-0.39, 0.29) is 0 Å². The van der Waals surface area contributed by atoms with E-state index < -0.39 is 5.41 Å². The highest BCUT2D eigenvalue weighted by Crippen LogP contribution is 2.58. The lowest BCUT2D eigenvalue weighted by molar-refractivity contribution is 0.768. The van der Waals surface area contributed by atoms with Gasteiger partial charge >= 0.3 is 0 Å². The van der Waals surface area contributed by atoms with Gasteiger partial charge in [-0.25, -0.2) is 0 Å². The van der Waals surface area contributed by atoms with Gasteiger partial charge in [0.2, 0.25) is 0 Å². The van der Waals surface area contributed by atoms with E-state index in [9.17, 15) is 0 Å².